The number of piperazine rings is 1. The van der Waals surface area contributed by atoms with Crippen molar-refractivity contribution in [3.05, 3.63) is 29.8 Å². The highest BCUT2D eigenvalue weighted by Crippen LogP contribution is 2.14. The maximum atomic E-state index is 12.2. The first kappa shape index (κ1) is 17.8. The Labute approximate surface area is 133 Å². The lowest BCUT2D eigenvalue weighted by Crippen LogP contribution is -2.58. The molecule has 1 aromatic carbocycles. The van der Waals surface area contributed by atoms with Crippen LogP contribution in [-0.2, 0) is 11.2 Å². The minimum absolute atomic E-state index is 0. The predicted molar refractivity (Wildman–Crippen MR) is 87.2 cm³/mol. The zero-order valence-corrected chi connectivity index (χ0v) is 13.8. The number of hydrogen-bond acceptors (Lipinski definition) is 3. The van der Waals surface area contributed by atoms with Gasteiger partial charge in [0.15, 0.2) is 6.61 Å². The Kier molecular flexibility index (Phi) is 6.99. The fraction of sp³-hybridized carbons (Fsp3) is 0.562. The lowest BCUT2D eigenvalue weighted by molar-refractivity contribution is -0.137. The molecule has 21 heavy (non-hydrogen) atoms. The van der Waals surface area contributed by atoms with Crippen molar-refractivity contribution in [2.24, 2.45) is 0 Å². The van der Waals surface area contributed by atoms with Crippen molar-refractivity contribution in [3.8, 4) is 5.75 Å². The van der Waals surface area contributed by atoms with E-state index in [-0.39, 0.29) is 31.0 Å². The number of benzene rings is 1. The van der Waals surface area contributed by atoms with E-state index in [1.54, 1.807) is 0 Å². The zero-order chi connectivity index (χ0) is 14.5. The molecule has 5 heteroatoms. The lowest BCUT2D eigenvalue weighted by atomic mass is 10.1. The molecule has 2 rings (SSSR count). The summed E-state index contributed by atoms with van der Waals surface area (Å²) in [7, 11) is 0. The summed E-state index contributed by atoms with van der Waals surface area (Å²) in [6.45, 7) is 8.01. The van der Waals surface area contributed by atoms with E-state index in [4.69, 9.17) is 4.74 Å². The summed E-state index contributed by atoms with van der Waals surface area (Å²) >= 11 is 0. The van der Waals surface area contributed by atoms with Crippen LogP contribution in [0.3, 0.4) is 0 Å². The van der Waals surface area contributed by atoms with Gasteiger partial charge in [-0.25, -0.2) is 0 Å². The van der Waals surface area contributed by atoms with E-state index >= 15 is 0 Å². The van der Waals surface area contributed by atoms with E-state index < -0.39 is 0 Å². The van der Waals surface area contributed by atoms with Crippen molar-refractivity contribution in [1.29, 1.82) is 0 Å². The number of aryl methyl sites for hydroxylation is 1. The van der Waals surface area contributed by atoms with Gasteiger partial charge in [0.05, 0.1) is 0 Å². The smallest absolute Gasteiger partial charge is 0.260 e. The average molecular weight is 313 g/mol. The van der Waals surface area contributed by atoms with Gasteiger partial charge in [0.1, 0.15) is 5.75 Å². The van der Waals surface area contributed by atoms with Gasteiger partial charge in [0, 0.05) is 25.2 Å². The fourth-order valence-electron chi connectivity index (χ4n) is 2.46. The second kappa shape index (κ2) is 8.25. The molecule has 1 amide bonds. The van der Waals surface area contributed by atoms with Gasteiger partial charge in [-0.15, -0.1) is 12.4 Å². The van der Waals surface area contributed by atoms with Crippen LogP contribution in [0, 0.1) is 0 Å². The number of amides is 1. The summed E-state index contributed by atoms with van der Waals surface area (Å²) < 4.78 is 5.59. The van der Waals surface area contributed by atoms with Crippen molar-refractivity contribution in [2.45, 2.75) is 39.3 Å². The minimum atomic E-state index is 0. The molecule has 1 fully saturated rings. The van der Waals surface area contributed by atoms with Crippen molar-refractivity contribution < 1.29 is 9.53 Å². The van der Waals surface area contributed by atoms with Gasteiger partial charge >= 0.3 is 0 Å². The normalized spacial score (nSPS) is 21.6. The topological polar surface area (TPSA) is 41.6 Å². The van der Waals surface area contributed by atoms with Crippen LogP contribution < -0.4 is 10.1 Å². The molecular weight excluding hydrogens is 288 g/mol. The number of halogens is 1. The summed E-state index contributed by atoms with van der Waals surface area (Å²) in [6.07, 6.45) is 1.01. The third-order valence-electron chi connectivity index (χ3n) is 4.05. The molecule has 4 nitrogen and oxygen atoms in total. The molecule has 118 valence electrons. The molecule has 0 saturated carbocycles. The standard InChI is InChI=1S/C16H24N2O2.ClH/c1-4-14-5-7-15(8-6-14)20-11-16(19)18-10-9-17-12(2)13(18)3;/h5-8,12-13,17H,4,9-11H2,1-3H3;1H. The lowest BCUT2D eigenvalue weighted by Gasteiger charge is -2.38. The molecule has 1 aromatic rings. The fourth-order valence-corrected chi connectivity index (χ4v) is 2.46. The molecule has 1 N–H and O–H groups in total. The maximum Gasteiger partial charge on any atom is 0.260 e. The van der Waals surface area contributed by atoms with Crippen LogP contribution in [0.5, 0.6) is 5.75 Å². The van der Waals surface area contributed by atoms with Crippen LogP contribution in [-0.4, -0.2) is 42.6 Å². The SMILES string of the molecule is CCc1ccc(OCC(=O)N2CCNC(C)C2C)cc1.Cl. The van der Waals surface area contributed by atoms with Crippen molar-refractivity contribution in [2.75, 3.05) is 19.7 Å². The quantitative estimate of drug-likeness (QED) is 0.927. The second-order valence-electron chi connectivity index (χ2n) is 5.36. The van der Waals surface area contributed by atoms with E-state index in [1.807, 2.05) is 29.2 Å². The maximum absolute atomic E-state index is 12.2. The number of carbonyl (C=O) groups excluding carboxylic acids is 1. The molecule has 1 saturated heterocycles. The third kappa shape index (κ3) is 4.61. The Bertz CT molecular complexity index is 450. The number of rotatable bonds is 4. The monoisotopic (exact) mass is 312 g/mol. The van der Waals surface area contributed by atoms with Gasteiger partial charge in [-0.3, -0.25) is 4.79 Å². The summed E-state index contributed by atoms with van der Waals surface area (Å²) in [5, 5.41) is 3.37. The number of hydrogen-bond donors (Lipinski definition) is 1. The van der Waals surface area contributed by atoms with Crippen LogP contribution in [0.1, 0.15) is 26.3 Å². The predicted octanol–water partition coefficient (Wildman–Crippen LogP) is 2.26. The van der Waals surface area contributed by atoms with Crippen LogP contribution >= 0.6 is 12.4 Å². The Morgan fingerprint density at radius 3 is 2.62 bits per heavy atom. The van der Waals surface area contributed by atoms with E-state index in [2.05, 4.69) is 26.1 Å². The highest BCUT2D eigenvalue weighted by molar-refractivity contribution is 5.85. The highest BCUT2D eigenvalue weighted by Gasteiger charge is 2.28. The summed E-state index contributed by atoms with van der Waals surface area (Å²) in [4.78, 5) is 14.1. The van der Waals surface area contributed by atoms with Gasteiger partial charge < -0.3 is 15.0 Å². The summed E-state index contributed by atoms with van der Waals surface area (Å²) in [5.41, 5.74) is 1.27. The van der Waals surface area contributed by atoms with Crippen LogP contribution in [0.25, 0.3) is 0 Å². The summed E-state index contributed by atoms with van der Waals surface area (Å²) in [5.74, 6) is 0.816. The van der Waals surface area contributed by atoms with E-state index in [0.29, 0.717) is 6.04 Å². The van der Waals surface area contributed by atoms with Gasteiger partial charge in [-0.2, -0.15) is 0 Å². The molecule has 0 radical (unpaired) electrons. The molecule has 0 aromatic heterocycles. The van der Waals surface area contributed by atoms with E-state index in [0.717, 1.165) is 25.3 Å². The molecule has 0 spiro atoms. The molecule has 2 atom stereocenters. The second-order valence-corrected chi connectivity index (χ2v) is 5.36. The Hall–Kier alpha value is -1.26. The van der Waals surface area contributed by atoms with Crippen LogP contribution in [0.15, 0.2) is 24.3 Å². The van der Waals surface area contributed by atoms with Crippen LogP contribution in [0.4, 0.5) is 0 Å². The first-order valence-electron chi connectivity index (χ1n) is 7.36. The Morgan fingerprint density at radius 2 is 2.00 bits per heavy atom. The Balaban J connectivity index is 0.00000220. The molecule has 2 unspecified atom stereocenters. The Morgan fingerprint density at radius 1 is 1.33 bits per heavy atom. The number of ether oxygens (including phenoxy) is 1. The number of nitrogens with zero attached hydrogens (tertiary/aromatic N) is 1. The van der Waals surface area contributed by atoms with Crippen LogP contribution in [0.2, 0.25) is 0 Å². The van der Waals surface area contributed by atoms with E-state index in [9.17, 15) is 4.79 Å². The van der Waals surface area contributed by atoms with Gasteiger partial charge in [-0.05, 0) is 38.0 Å². The van der Waals surface area contributed by atoms with E-state index in [1.165, 1.54) is 5.56 Å². The average Bonchev–Trinajstić information content (AvgIpc) is 2.48. The van der Waals surface area contributed by atoms with Crippen molar-refractivity contribution in [3.63, 3.8) is 0 Å². The first-order chi connectivity index (χ1) is 9.61. The van der Waals surface area contributed by atoms with Crippen molar-refractivity contribution >= 4 is 18.3 Å². The largest absolute Gasteiger partial charge is 0.484 e. The molecule has 1 heterocycles. The highest BCUT2D eigenvalue weighted by atomic mass is 35.5. The van der Waals surface area contributed by atoms with Crippen molar-refractivity contribution in [1.82, 2.24) is 10.2 Å². The minimum Gasteiger partial charge on any atom is -0.484 e. The van der Waals surface area contributed by atoms with Gasteiger partial charge in [-0.1, -0.05) is 19.1 Å². The summed E-state index contributed by atoms with van der Waals surface area (Å²) in [6, 6.07) is 8.47. The molecule has 1 aliphatic heterocycles. The van der Waals surface area contributed by atoms with Gasteiger partial charge in [0.25, 0.3) is 5.91 Å². The van der Waals surface area contributed by atoms with Gasteiger partial charge in [0.2, 0.25) is 0 Å². The molecule has 0 bridgehead atoms. The number of carbonyl (C=O) groups is 1. The molecular formula is C16H25ClN2O2. The zero-order valence-electron chi connectivity index (χ0n) is 13.0. The molecule has 1 aliphatic rings. The third-order valence-corrected chi connectivity index (χ3v) is 4.05. The first-order valence-corrected chi connectivity index (χ1v) is 7.36. The number of nitrogens with one attached hydrogen (secondary N) is 1. The molecule has 0 aliphatic carbocycles.